The third kappa shape index (κ3) is 14.0. The molecule has 0 N–H and O–H groups in total. The molecule has 1 atom stereocenters. The van der Waals surface area contributed by atoms with E-state index in [2.05, 4.69) is 32.6 Å². The smallest absolute Gasteiger partial charge is 0.338 e. The fourth-order valence-corrected chi connectivity index (χ4v) is 3.83. The summed E-state index contributed by atoms with van der Waals surface area (Å²) in [5.74, 6) is -0.112. The molecule has 1 unspecified atom stereocenters. The minimum Gasteiger partial charge on any atom is -0.457 e. The lowest BCUT2D eigenvalue weighted by atomic mass is 10.1. The number of nitrogens with zero attached hydrogens (tertiary/aromatic N) is 2. The molecule has 0 bridgehead atoms. The minimum absolute atomic E-state index is 0. The van der Waals surface area contributed by atoms with Gasteiger partial charge in [-0.1, -0.05) is 71.6 Å². The number of unbranched alkanes of at least 4 members (excludes halogenated alkanes) is 4. The third-order valence-electron chi connectivity index (χ3n) is 6.00. The topological polar surface area (TPSA) is 49.9 Å². The quantitative estimate of drug-likeness (QED) is 0.199. The molecule has 0 saturated heterocycles. The predicted octanol–water partition coefficient (Wildman–Crippen LogP) is 6.75. The largest absolute Gasteiger partial charge is 0.457 e. The molecule has 0 aliphatic rings. The average Bonchev–Trinajstić information content (AvgIpc) is 2.84. The van der Waals surface area contributed by atoms with Crippen molar-refractivity contribution in [3.8, 4) is 0 Å². The van der Waals surface area contributed by atoms with Gasteiger partial charge in [0, 0.05) is 26.1 Å². The van der Waals surface area contributed by atoms with Crippen LogP contribution < -0.4 is 0 Å². The van der Waals surface area contributed by atoms with Gasteiger partial charge in [0.05, 0.1) is 5.56 Å². The van der Waals surface area contributed by atoms with Crippen molar-refractivity contribution in [3.05, 3.63) is 35.9 Å². The van der Waals surface area contributed by atoms with E-state index in [-0.39, 0.29) is 30.4 Å². The Morgan fingerprint density at radius 2 is 1.29 bits per heavy atom. The first-order valence-corrected chi connectivity index (χ1v) is 13.3. The van der Waals surface area contributed by atoms with E-state index >= 15 is 0 Å². The Morgan fingerprint density at radius 3 is 1.79 bits per heavy atom. The summed E-state index contributed by atoms with van der Waals surface area (Å²) in [4.78, 5) is 30.2. The molecule has 1 amide bonds. The van der Waals surface area contributed by atoms with Crippen LogP contribution in [0.1, 0.15) is 102 Å². The number of rotatable bonds is 19. The molecule has 0 fully saturated rings. The molecule has 1 aromatic rings. The lowest BCUT2D eigenvalue weighted by Crippen LogP contribution is -2.38. The summed E-state index contributed by atoms with van der Waals surface area (Å²) in [6, 6.07) is 9.17. The lowest BCUT2D eigenvalue weighted by Gasteiger charge is -2.28. The van der Waals surface area contributed by atoms with Gasteiger partial charge in [0.25, 0.3) is 0 Å². The summed E-state index contributed by atoms with van der Waals surface area (Å²) < 4.78 is 5.97. The van der Waals surface area contributed by atoms with Crippen LogP contribution in [-0.2, 0) is 9.53 Å². The molecular formula is C28H49ClN2O3. The Balaban J connectivity index is 0.0000109. The van der Waals surface area contributed by atoms with Crippen LogP contribution in [0.4, 0.5) is 0 Å². The summed E-state index contributed by atoms with van der Waals surface area (Å²) >= 11 is 0. The van der Waals surface area contributed by atoms with Crippen LogP contribution in [0.3, 0.4) is 0 Å². The highest BCUT2D eigenvalue weighted by molar-refractivity contribution is 5.89. The van der Waals surface area contributed by atoms with Gasteiger partial charge in [-0.3, -0.25) is 9.69 Å². The van der Waals surface area contributed by atoms with Gasteiger partial charge in [-0.2, -0.15) is 0 Å². The first-order valence-electron chi connectivity index (χ1n) is 13.3. The maximum Gasteiger partial charge on any atom is 0.338 e. The van der Waals surface area contributed by atoms with Crippen LogP contribution >= 0.6 is 12.4 Å². The van der Waals surface area contributed by atoms with E-state index in [0.29, 0.717) is 24.9 Å². The highest BCUT2D eigenvalue weighted by Gasteiger charge is 2.22. The number of hydrogen-bond acceptors (Lipinski definition) is 4. The summed E-state index contributed by atoms with van der Waals surface area (Å²) in [7, 11) is 0. The molecule has 0 radical (unpaired) electrons. The number of carbonyl (C=O) groups excluding carboxylic acids is 2. The van der Waals surface area contributed by atoms with Crippen molar-refractivity contribution in [2.45, 2.75) is 98.0 Å². The second-order valence-corrected chi connectivity index (χ2v) is 9.03. The number of halogens is 1. The molecule has 5 nitrogen and oxygen atoms in total. The molecule has 0 heterocycles. The van der Waals surface area contributed by atoms with Gasteiger partial charge < -0.3 is 9.64 Å². The molecule has 0 saturated carbocycles. The monoisotopic (exact) mass is 496 g/mol. The van der Waals surface area contributed by atoms with Crippen LogP contribution in [0.15, 0.2) is 30.3 Å². The second kappa shape index (κ2) is 20.8. The van der Waals surface area contributed by atoms with E-state index in [1.807, 2.05) is 23.1 Å². The first kappa shape index (κ1) is 32.4. The van der Waals surface area contributed by atoms with Gasteiger partial charge in [-0.15, -0.1) is 12.4 Å². The van der Waals surface area contributed by atoms with Crippen LogP contribution in [-0.4, -0.2) is 60.5 Å². The molecule has 0 aliphatic heterocycles. The van der Waals surface area contributed by atoms with Gasteiger partial charge in [0.1, 0.15) is 6.10 Å². The SMILES string of the molecule is CCCCN(CCCC)CC(CCC(=O)N(CCCC)CCCC)OC(=O)c1ccccc1.Cl. The standard InChI is InChI=1S/C28H48N2O3.ClH/c1-5-9-20-29(21-10-6-2)24-26(33-28(32)25-16-14-13-15-17-25)18-19-27(31)30(22-11-7-3)23-12-8-4;/h13-17,26H,5-12,18-24H2,1-4H3;1H. The van der Waals surface area contributed by atoms with Crippen molar-refractivity contribution in [2.75, 3.05) is 32.7 Å². The van der Waals surface area contributed by atoms with Gasteiger partial charge in [-0.25, -0.2) is 4.79 Å². The zero-order chi connectivity index (χ0) is 24.3. The Kier molecular flexibility index (Phi) is 19.8. The Bertz CT molecular complexity index is 626. The van der Waals surface area contributed by atoms with E-state index in [1.165, 1.54) is 0 Å². The van der Waals surface area contributed by atoms with Gasteiger partial charge >= 0.3 is 5.97 Å². The molecule has 0 aliphatic carbocycles. The van der Waals surface area contributed by atoms with Crippen LogP contribution in [0, 0.1) is 0 Å². The van der Waals surface area contributed by atoms with Gasteiger partial charge in [0.15, 0.2) is 0 Å². The van der Waals surface area contributed by atoms with E-state index in [0.717, 1.165) is 77.5 Å². The number of hydrogen-bond donors (Lipinski definition) is 0. The summed E-state index contributed by atoms with van der Waals surface area (Å²) in [5, 5.41) is 0. The lowest BCUT2D eigenvalue weighted by molar-refractivity contribution is -0.132. The first-order chi connectivity index (χ1) is 16.0. The Labute approximate surface area is 215 Å². The van der Waals surface area contributed by atoms with Gasteiger partial charge in [0.2, 0.25) is 5.91 Å². The van der Waals surface area contributed by atoms with E-state index in [1.54, 1.807) is 12.1 Å². The number of benzene rings is 1. The highest BCUT2D eigenvalue weighted by Crippen LogP contribution is 2.14. The highest BCUT2D eigenvalue weighted by atomic mass is 35.5. The summed E-state index contributed by atoms with van der Waals surface area (Å²) in [6.45, 7) is 13.1. The van der Waals surface area contributed by atoms with E-state index in [9.17, 15) is 9.59 Å². The minimum atomic E-state index is -0.298. The predicted molar refractivity (Wildman–Crippen MR) is 145 cm³/mol. The van der Waals surface area contributed by atoms with Crippen LogP contribution in [0.5, 0.6) is 0 Å². The van der Waals surface area contributed by atoms with Crippen LogP contribution in [0.25, 0.3) is 0 Å². The molecule has 34 heavy (non-hydrogen) atoms. The molecule has 1 aromatic carbocycles. The fraction of sp³-hybridized carbons (Fsp3) is 0.714. The van der Waals surface area contributed by atoms with Crippen molar-refractivity contribution in [1.82, 2.24) is 9.80 Å². The average molecular weight is 497 g/mol. The number of amides is 1. The van der Waals surface area contributed by atoms with Gasteiger partial charge in [-0.05, 0) is 57.3 Å². The zero-order valence-electron chi connectivity index (χ0n) is 22.1. The van der Waals surface area contributed by atoms with Crippen molar-refractivity contribution < 1.29 is 14.3 Å². The Morgan fingerprint density at radius 1 is 0.794 bits per heavy atom. The molecule has 0 aromatic heterocycles. The Hall–Kier alpha value is -1.59. The maximum absolute atomic E-state index is 13.0. The maximum atomic E-state index is 13.0. The number of ether oxygens (including phenoxy) is 1. The number of carbonyl (C=O) groups is 2. The van der Waals surface area contributed by atoms with E-state index in [4.69, 9.17) is 4.74 Å². The molecular weight excluding hydrogens is 448 g/mol. The number of esters is 1. The van der Waals surface area contributed by atoms with Crippen molar-refractivity contribution in [3.63, 3.8) is 0 Å². The molecule has 196 valence electrons. The summed E-state index contributed by atoms with van der Waals surface area (Å²) in [6.07, 6.45) is 9.47. The summed E-state index contributed by atoms with van der Waals surface area (Å²) in [5.41, 5.74) is 0.565. The van der Waals surface area contributed by atoms with Crippen molar-refractivity contribution in [2.24, 2.45) is 0 Å². The normalized spacial score (nSPS) is 11.7. The fourth-order valence-electron chi connectivity index (χ4n) is 3.83. The molecule has 0 spiro atoms. The van der Waals surface area contributed by atoms with Crippen molar-refractivity contribution >= 4 is 24.3 Å². The molecule has 6 heteroatoms. The zero-order valence-corrected chi connectivity index (χ0v) is 22.9. The molecule has 1 rings (SSSR count). The second-order valence-electron chi connectivity index (χ2n) is 9.03. The van der Waals surface area contributed by atoms with E-state index < -0.39 is 0 Å². The van der Waals surface area contributed by atoms with Crippen LogP contribution in [0.2, 0.25) is 0 Å². The van der Waals surface area contributed by atoms with Crippen molar-refractivity contribution in [1.29, 1.82) is 0 Å². The third-order valence-corrected chi connectivity index (χ3v) is 6.00.